The number of nitrogens with zero attached hydrogens (tertiary/aromatic N) is 2. The maximum absolute atomic E-state index is 12.5. The van der Waals surface area contributed by atoms with Gasteiger partial charge < -0.3 is 19.4 Å². The van der Waals surface area contributed by atoms with Crippen molar-refractivity contribution in [2.24, 2.45) is 0 Å². The summed E-state index contributed by atoms with van der Waals surface area (Å²) in [6.07, 6.45) is 2.46. The summed E-state index contributed by atoms with van der Waals surface area (Å²) in [5, 5.41) is 2.56. The maximum atomic E-state index is 12.5. The van der Waals surface area contributed by atoms with Gasteiger partial charge in [0, 0.05) is 25.3 Å². The summed E-state index contributed by atoms with van der Waals surface area (Å²) >= 11 is 0. The van der Waals surface area contributed by atoms with Crippen LogP contribution >= 0.6 is 0 Å². The van der Waals surface area contributed by atoms with Crippen LogP contribution in [0, 0.1) is 0 Å². The lowest BCUT2D eigenvalue weighted by atomic mass is 10.2. The van der Waals surface area contributed by atoms with Crippen molar-refractivity contribution in [2.45, 2.75) is 37.6 Å². The van der Waals surface area contributed by atoms with Crippen molar-refractivity contribution in [3.63, 3.8) is 0 Å². The molecule has 1 aliphatic rings. The van der Waals surface area contributed by atoms with Gasteiger partial charge in [0.15, 0.2) is 12.4 Å². The molecule has 2 amide bonds. The van der Waals surface area contributed by atoms with Crippen molar-refractivity contribution in [1.82, 2.24) is 9.21 Å². The zero-order valence-electron chi connectivity index (χ0n) is 18.5. The van der Waals surface area contributed by atoms with E-state index in [0.29, 0.717) is 38.2 Å². The Morgan fingerprint density at radius 1 is 1.15 bits per heavy atom. The fourth-order valence-corrected chi connectivity index (χ4v) is 5.11. The second-order valence-electron chi connectivity index (χ2n) is 7.40. The van der Waals surface area contributed by atoms with E-state index in [1.165, 1.54) is 45.8 Å². The van der Waals surface area contributed by atoms with Crippen LogP contribution in [-0.4, -0.2) is 67.7 Å². The Labute approximate surface area is 192 Å². The fourth-order valence-electron chi connectivity index (χ4n) is 3.65. The minimum Gasteiger partial charge on any atom is -0.459 e. The van der Waals surface area contributed by atoms with Crippen LogP contribution in [0.15, 0.2) is 52.0 Å². The summed E-state index contributed by atoms with van der Waals surface area (Å²) in [6, 6.07) is 8.09. The highest BCUT2D eigenvalue weighted by molar-refractivity contribution is 7.89. The van der Waals surface area contributed by atoms with Crippen LogP contribution in [0.2, 0.25) is 0 Å². The molecule has 1 atom stereocenters. The topological polar surface area (TPSA) is 126 Å². The predicted molar refractivity (Wildman–Crippen MR) is 119 cm³/mol. The summed E-state index contributed by atoms with van der Waals surface area (Å²) in [7, 11) is -3.59. The third kappa shape index (κ3) is 5.60. The van der Waals surface area contributed by atoms with E-state index in [-0.39, 0.29) is 10.7 Å². The molecule has 1 N–H and O–H groups in total. The Bertz CT molecular complexity index is 1080. The van der Waals surface area contributed by atoms with E-state index in [2.05, 4.69) is 5.32 Å². The predicted octanol–water partition coefficient (Wildman–Crippen LogP) is 2.10. The lowest BCUT2D eigenvalue weighted by Crippen LogP contribution is -2.42. The van der Waals surface area contributed by atoms with E-state index in [1.807, 2.05) is 0 Å². The molecule has 0 aliphatic carbocycles. The minimum atomic E-state index is -3.59. The Morgan fingerprint density at radius 2 is 1.85 bits per heavy atom. The molecule has 1 unspecified atom stereocenters. The zero-order chi connectivity index (χ0) is 24.0. The van der Waals surface area contributed by atoms with E-state index < -0.39 is 40.5 Å². The minimum absolute atomic E-state index is 0.123. The summed E-state index contributed by atoms with van der Waals surface area (Å²) in [5.41, 5.74) is 0.366. The molecular weight excluding hydrogens is 450 g/mol. The number of hydrogen-bond acceptors (Lipinski definition) is 7. The highest BCUT2D eigenvalue weighted by Crippen LogP contribution is 2.22. The molecule has 11 heteroatoms. The van der Waals surface area contributed by atoms with Gasteiger partial charge in [-0.25, -0.2) is 13.2 Å². The van der Waals surface area contributed by atoms with Crippen molar-refractivity contribution in [2.75, 3.05) is 31.6 Å². The number of anilines is 1. The van der Waals surface area contributed by atoms with Crippen molar-refractivity contribution in [3.8, 4) is 0 Å². The Balaban J connectivity index is 1.54. The Hall–Kier alpha value is -3.18. The van der Waals surface area contributed by atoms with Crippen LogP contribution in [0.1, 0.15) is 37.2 Å². The molecule has 33 heavy (non-hydrogen) atoms. The molecule has 0 radical (unpaired) electrons. The molecule has 10 nitrogen and oxygen atoms in total. The average molecular weight is 478 g/mol. The van der Waals surface area contributed by atoms with Crippen LogP contribution in [0.5, 0.6) is 0 Å². The number of benzene rings is 1. The highest BCUT2D eigenvalue weighted by atomic mass is 32.2. The lowest BCUT2D eigenvalue weighted by molar-refractivity contribution is -0.151. The number of ether oxygens (including phenoxy) is 1. The number of nitrogens with one attached hydrogen (secondary N) is 1. The van der Waals surface area contributed by atoms with Crippen molar-refractivity contribution in [3.05, 3.63) is 48.4 Å². The first-order chi connectivity index (χ1) is 15.8. The number of amides is 2. The molecule has 1 saturated heterocycles. The number of rotatable bonds is 9. The van der Waals surface area contributed by atoms with Gasteiger partial charge in [0.1, 0.15) is 6.04 Å². The summed E-state index contributed by atoms with van der Waals surface area (Å²) in [6.45, 7) is 4.09. The normalized spacial score (nSPS) is 16.1. The van der Waals surface area contributed by atoms with Gasteiger partial charge in [-0.15, -0.1) is 0 Å². The summed E-state index contributed by atoms with van der Waals surface area (Å²) in [4.78, 5) is 38.7. The monoisotopic (exact) mass is 477 g/mol. The number of likely N-dealkylation sites (tertiary alicyclic amines) is 1. The Kier molecular flexibility index (Phi) is 7.88. The van der Waals surface area contributed by atoms with E-state index in [9.17, 15) is 22.8 Å². The molecule has 2 aromatic rings. The van der Waals surface area contributed by atoms with Crippen molar-refractivity contribution >= 4 is 33.5 Å². The average Bonchev–Trinajstić information content (AvgIpc) is 3.50. The molecule has 2 heterocycles. The first-order valence-corrected chi connectivity index (χ1v) is 12.1. The van der Waals surface area contributed by atoms with Gasteiger partial charge in [0.25, 0.3) is 11.8 Å². The van der Waals surface area contributed by atoms with Gasteiger partial charge >= 0.3 is 5.97 Å². The smallest absolute Gasteiger partial charge is 0.329 e. The highest BCUT2D eigenvalue weighted by Gasteiger charge is 2.36. The van der Waals surface area contributed by atoms with E-state index in [1.54, 1.807) is 19.9 Å². The first-order valence-electron chi connectivity index (χ1n) is 10.7. The molecule has 0 bridgehead atoms. The van der Waals surface area contributed by atoms with Crippen molar-refractivity contribution in [1.29, 1.82) is 0 Å². The number of carbonyl (C=O) groups is 3. The largest absolute Gasteiger partial charge is 0.459 e. The summed E-state index contributed by atoms with van der Waals surface area (Å²) in [5.74, 6) is -1.50. The van der Waals surface area contributed by atoms with Gasteiger partial charge in [-0.2, -0.15) is 4.31 Å². The molecule has 3 rings (SSSR count). The third-order valence-corrected chi connectivity index (χ3v) is 7.41. The Morgan fingerprint density at radius 3 is 2.45 bits per heavy atom. The SMILES string of the molecule is CCN(CC)S(=O)(=O)c1ccc(NC(=O)COC(=O)C2CCCN2C(=O)c2ccco2)cc1. The zero-order valence-corrected chi connectivity index (χ0v) is 19.3. The van der Waals surface area contributed by atoms with Crippen LogP contribution in [-0.2, 0) is 24.3 Å². The second kappa shape index (κ2) is 10.6. The van der Waals surface area contributed by atoms with Crippen LogP contribution in [0.25, 0.3) is 0 Å². The van der Waals surface area contributed by atoms with Crippen LogP contribution in [0.4, 0.5) is 5.69 Å². The van der Waals surface area contributed by atoms with Gasteiger partial charge in [0.2, 0.25) is 10.0 Å². The molecule has 1 fully saturated rings. The number of carbonyl (C=O) groups excluding carboxylic acids is 3. The number of sulfonamides is 1. The molecule has 1 aromatic heterocycles. The second-order valence-corrected chi connectivity index (χ2v) is 9.34. The summed E-state index contributed by atoms with van der Waals surface area (Å²) < 4.78 is 36.6. The van der Waals surface area contributed by atoms with E-state index in [0.717, 1.165) is 0 Å². The van der Waals surface area contributed by atoms with Crippen LogP contribution in [0.3, 0.4) is 0 Å². The molecule has 1 aliphatic heterocycles. The molecule has 178 valence electrons. The fraction of sp³-hybridized carbons (Fsp3) is 0.409. The van der Waals surface area contributed by atoms with E-state index >= 15 is 0 Å². The third-order valence-electron chi connectivity index (χ3n) is 5.34. The molecule has 0 spiro atoms. The van der Waals surface area contributed by atoms with Crippen molar-refractivity contribution < 1.29 is 32.0 Å². The van der Waals surface area contributed by atoms with Gasteiger partial charge in [-0.05, 0) is 49.2 Å². The van der Waals surface area contributed by atoms with E-state index in [4.69, 9.17) is 9.15 Å². The molecule has 0 saturated carbocycles. The number of hydrogen-bond donors (Lipinski definition) is 1. The molecular formula is C22H27N3O7S. The van der Waals surface area contributed by atoms with Gasteiger partial charge in [-0.3, -0.25) is 9.59 Å². The van der Waals surface area contributed by atoms with Gasteiger partial charge in [-0.1, -0.05) is 13.8 Å². The standard InChI is InChI=1S/C22H27N3O7S/c1-3-24(4-2)33(29,30)17-11-9-16(10-12-17)23-20(26)15-32-22(28)18-7-5-13-25(18)21(27)19-8-6-14-31-19/h6,8-12,14,18H,3-5,7,13,15H2,1-2H3,(H,23,26). The maximum Gasteiger partial charge on any atom is 0.329 e. The molecule has 1 aromatic carbocycles. The number of esters is 1. The van der Waals surface area contributed by atoms with Gasteiger partial charge in [0.05, 0.1) is 11.2 Å². The number of furan rings is 1. The lowest BCUT2D eigenvalue weighted by Gasteiger charge is -2.22. The van der Waals surface area contributed by atoms with Crippen LogP contribution < -0.4 is 5.32 Å². The quantitative estimate of drug-likeness (QED) is 0.548. The first kappa shape index (κ1) is 24.5.